The molecule has 232 valence electrons. The highest BCUT2D eigenvalue weighted by atomic mass is 32.2. The van der Waals surface area contributed by atoms with E-state index in [4.69, 9.17) is 11.4 Å². The van der Waals surface area contributed by atoms with Crippen LogP contribution < -0.4 is 21.4 Å². The first-order chi connectivity index (χ1) is 21.6. The summed E-state index contributed by atoms with van der Waals surface area (Å²) in [4.78, 5) is 32.1. The lowest BCUT2D eigenvalue weighted by Crippen LogP contribution is -2.34. The van der Waals surface area contributed by atoms with Gasteiger partial charge in [0.2, 0.25) is 0 Å². The summed E-state index contributed by atoms with van der Waals surface area (Å²) >= 11 is 0.869. The number of guanidine groups is 1. The Hall–Kier alpha value is -4.76. The minimum atomic E-state index is -4.42. The van der Waals surface area contributed by atoms with Crippen molar-refractivity contribution < 1.29 is 22.8 Å². The number of thiazole rings is 1. The van der Waals surface area contributed by atoms with Gasteiger partial charge in [-0.15, -0.1) is 10.2 Å². The molecule has 0 aliphatic heterocycles. The highest BCUT2D eigenvalue weighted by molar-refractivity contribution is 8.00. The predicted octanol–water partition coefficient (Wildman–Crippen LogP) is 8.09. The fraction of sp³-hybridized carbons (Fsp3) is 0.200. The third-order valence-electron chi connectivity index (χ3n) is 6.90. The Bertz CT molecular complexity index is 1770. The molecule has 10 nitrogen and oxygen atoms in total. The first kappa shape index (κ1) is 31.7. The average molecular weight is 653 g/mol. The summed E-state index contributed by atoms with van der Waals surface area (Å²) in [6.45, 7) is 0.130. The van der Waals surface area contributed by atoms with E-state index in [1.807, 2.05) is 24.3 Å². The normalized spacial score (nSPS) is 13.7. The fourth-order valence-electron chi connectivity index (χ4n) is 4.76. The predicted molar refractivity (Wildman–Crippen MR) is 170 cm³/mol. The maximum absolute atomic E-state index is 13.7. The van der Waals surface area contributed by atoms with Crippen LogP contribution >= 0.6 is 23.1 Å². The molecule has 0 atom stereocenters. The zero-order valence-corrected chi connectivity index (χ0v) is 25.2. The number of nitrogens with two attached hydrogens (primary N) is 1. The number of hydrogen-bond acceptors (Lipinski definition) is 8. The zero-order valence-electron chi connectivity index (χ0n) is 23.6. The molecule has 1 aromatic heterocycles. The lowest BCUT2D eigenvalue weighted by atomic mass is 9.93. The van der Waals surface area contributed by atoms with E-state index in [1.165, 1.54) is 35.1 Å². The number of fused-ring (bicyclic) bond motifs is 1. The quantitative estimate of drug-likeness (QED) is 0.0398. The smallest absolute Gasteiger partial charge is 0.320 e. The Morgan fingerprint density at radius 2 is 1.82 bits per heavy atom. The summed E-state index contributed by atoms with van der Waals surface area (Å²) in [5.74, 6) is 4.20. The van der Waals surface area contributed by atoms with Crippen LogP contribution in [-0.2, 0) is 6.54 Å². The molecule has 15 heteroatoms. The van der Waals surface area contributed by atoms with Gasteiger partial charge in [0.25, 0.3) is 11.9 Å². The van der Waals surface area contributed by atoms with Crippen molar-refractivity contribution in [3.05, 3.63) is 89.5 Å². The molecular weight excluding hydrogens is 626 g/mol. The van der Waals surface area contributed by atoms with Crippen molar-refractivity contribution in [1.82, 2.24) is 10.3 Å². The molecule has 4 aromatic rings. The molecule has 1 aliphatic rings. The minimum Gasteiger partial charge on any atom is -0.320 e. The van der Waals surface area contributed by atoms with Crippen LogP contribution in [0.2, 0.25) is 0 Å². The van der Waals surface area contributed by atoms with Gasteiger partial charge in [0.1, 0.15) is 0 Å². The fourth-order valence-corrected chi connectivity index (χ4v) is 6.31. The molecule has 5 rings (SSSR count). The van der Waals surface area contributed by atoms with E-state index >= 15 is 0 Å². The van der Waals surface area contributed by atoms with Gasteiger partial charge in [0.05, 0.1) is 16.8 Å². The van der Waals surface area contributed by atoms with Crippen molar-refractivity contribution in [2.24, 2.45) is 16.1 Å². The van der Waals surface area contributed by atoms with E-state index in [0.29, 0.717) is 21.5 Å². The van der Waals surface area contributed by atoms with Gasteiger partial charge in [-0.05, 0) is 96.6 Å². The van der Waals surface area contributed by atoms with E-state index in [0.717, 1.165) is 36.2 Å². The number of alkyl halides is 3. The van der Waals surface area contributed by atoms with Gasteiger partial charge in [-0.1, -0.05) is 41.7 Å². The number of urea groups is 1. The van der Waals surface area contributed by atoms with Crippen molar-refractivity contribution in [2.45, 2.75) is 42.6 Å². The maximum Gasteiger partial charge on any atom is 0.446 e. The molecule has 0 bridgehead atoms. The molecule has 1 heterocycles. The van der Waals surface area contributed by atoms with Gasteiger partial charge in [0.15, 0.2) is 5.13 Å². The molecule has 3 aromatic carbocycles. The Morgan fingerprint density at radius 1 is 1.07 bits per heavy atom. The summed E-state index contributed by atoms with van der Waals surface area (Å²) in [6, 6.07) is 17.9. The number of thioether (sulfide) groups is 1. The first-order valence-corrected chi connectivity index (χ1v) is 15.3. The van der Waals surface area contributed by atoms with Crippen LogP contribution in [-0.4, -0.2) is 28.4 Å². The van der Waals surface area contributed by atoms with Crippen LogP contribution in [0.3, 0.4) is 0 Å². The molecule has 0 fully saturated rings. The summed E-state index contributed by atoms with van der Waals surface area (Å²) in [6.07, 6.45) is 6.58. The van der Waals surface area contributed by atoms with Crippen LogP contribution in [0.25, 0.3) is 15.8 Å². The Balaban J connectivity index is 1.39. The molecule has 0 radical (unpaired) electrons. The van der Waals surface area contributed by atoms with Crippen molar-refractivity contribution in [3.8, 4) is 0 Å². The molecule has 0 unspecified atom stereocenters. The Morgan fingerprint density at radius 3 is 2.47 bits per heavy atom. The number of halogens is 3. The maximum atomic E-state index is 13.7. The van der Waals surface area contributed by atoms with E-state index in [9.17, 15) is 22.8 Å². The number of carbonyl (C=O) groups is 2. The lowest BCUT2D eigenvalue weighted by Gasteiger charge is -2.23. The minimum absolute atomic E-state index is 0.0316. The Labute approximate surface area is 264 Å². The molecule has 45 heavy (non-hydrogen) atoms. The number of hydrazone groups is 1. The van der Waals surface area contributed by atoms with Crippen molar-refractivity contribution in [1.29, 1.82) is 5.53 Å². The van der Waals surface area contributed by atoms with E-state index < -0.39 is 17.4 Å². The molecule has 3 amide bonds. The van der Waals surface area contributed by atoms with E-state index in [-0.39, 0.29) is 39.9 Å². The third kappa shape index (κ3) is 8.25. The second-order valence-corrected chi connectivity index (χ2v) is 12.1. The number of carbonyl (C=O) groups excluding carboxylic acids is 2. The van der Waals surface area contributed by atoms with Crippen molar-refractivity contribution in [3.63, 3.8) is 0 Å². The van der Waals surface area contributed by atoms with Crippen molar-refractivity contribution >= 4 is 67.6 Å². The summed E-state index contributed by atoms with van der Waals surface area (Å²) in [5.41, 5.74) is 6.98. The third-order valence-corrected chi connectivity index (χ3v) is 8.56. The first-order valence-electron chi connectivity index (χ1n) is 13.7. The summed E-state index contributed by atoms with van der Waals surface area (Å²) < 4.78 is 39.1. The highest BCUT2D eigenvalue weighted by Gasteiger charge is 2.29. The monoisotopic (exact) mass is 652 g/mol. The van der Waals surface area contributed by atoms with Crippen LogP contribution in [0.1, 0.15) is 47.2 Å². The van der Waals surface area contributed by atoms with Gasteiger partial charge in [-0.3, -0.25) is 20.3 Å². The van der Waals surface area contributed by atoms with Crippen LogP contribution in [0.15, 0.2) is 87.9 Å². The van der Waals surface area contributed by atoms with Crippen LogP contribution in [0.4, 0.5) is 28.8 Å². The summed E-state index contributed by atoms with van der Waals surface area (Å²) in [5, 5.41) is 11.6. The van der Waals surface area contributed by atoms with Gasteiger partial charge in [-0.2, -0.15) is 13.2 Å². The Kier molecular flexibility index (Phi) is 9.78. The number of aromatic nitrogens is 1. The number of anilines is 2. The average Bonchev–Trinajstić information content (AvgIpc) is 3.43. The topological polar surface area (TPSA) is 149 Å². The number of benzene rings is 3. The van der Waals surface area contributed by atoms with Crippen molar-refractivity contribution in [2.75, 3.05) is 10.2 Å². The number of amides is 3. The SMILES string of the molecule is N=N/C(=N\N)NC(=O)c1ccc(CN(C(=O)Nc2nc3ccc(SC(F)(F)F)cc3s2)c2ccc(C3=CCCCC3)cc2)cc1. The van der Waals surface area contributed by atoms with Gasteiger partial charge in [-0.25, -0.2) is 15.3 Å². The lowest BCUT2D eigenvalue weighted by molar-refractivity contribution is -0.0328. The van der Waals surface area contributed by atoms with Crippen LogP contribution in [0.5, 0.6) is 0 Å². The van der Waals surface area contributed by atoms with Gasteiger partial charge >= 0.3 is 11.5 Å². The molecule has 0 saturated heterocycles. The number of allylic oxidation sites excluding steroid dienone is 2. The second kappa shape index (κ2) is 13.9. The second-order valence-electron chi connectivity index (χ2n) is 9.95. The van der Waals surface area contributed by atoms with Gasteiger partial charge < -0.3 is 5.84 Å². The molecule has 0 saturated carbocycles. The molecule has 0 spiro atoms. The van der Waals surface area contributed by atoms with Crippen LogP contribution in [0, 0.1) is 5.53 Å². The number of rotatable bonds is 7. The summed E-state index contributed by atoms with van der Waals surface area (Å²) in [7, 11) is 0. The largest absolute Gasteiger partial charge is 0.446 e. The molecular formula is C30H27F3N8O2S2. The van der Waals surface area contributed by atoms with E-state index in [2.05, 4.69) is 31.9 Å². The molecule has 1 aliphatic carbocycles. The van der Waals surface area contributed by atoms with Gasteiger partial charge in [0, 0.05) is 16.1 Å². The standard InChI is InChI=1S/C30H27F3N8O2S2/c31-30(32,33)45-23-14-15-24-25(16-23)44-28(36-24)38-29(43)41(22-12-10-20(11-13-22)19-4-2-1-3-5-19)17-18-6-8-21(9-7-18)26(42)37-27(39-34)40-35/h4,6-16,34H,1-3,5,17,35H2,(H,36,38,43)(H,37,40,42). The molecule has 5 N–H and O–H groups in total. The van der Waals surface area contributed by atoms with E-state index in [1.54, 1.807) is 24.3 Å². The number of hydrogen-bond donors (Lipinski definition) is 4. The zero-order chi connectivity index (χ0) is 32.0. The number of nitrogens with one attached hydrogen (secondary N) is 3. The highest BCUT2D eigenvalue weighted by Crippen LogP contribution is 2.39. The number of nitrogens with zero attached hydrogens (tertiary/aromatic N) is 4.